The summed E-state index contributed by atoms with van der Waals surface area (Å²) in [6, 6.07) is 20.8. The Hall–Kier alpha value is -2.13. The lowest BCUT2D eigenvalue weighted by atomic mass is 9.88. The quantitative estimate of drug-likeness (QED) is 0.770. The lowest BCUT2D eigenvalue weighted by Gasteiger charge is -2.19. The van der Waals surface area contributed by atoms with E-state index in [2.05, 4.69) is 73.4 Å². The third-order valence-corrected chi connectivity index (χ3v) is 4.80. The van der Waals surface area contributed by atoms with Gasteiger partial charge in [-0.15, -0.1) is 0 Å². The molecule has 0 saturated heterocycles. The van der Waals surface area contributed by atoms with E-state index >= 15 is 0 Å². The van der Waals surface area contributed by atoms with Gasteiger partial charge in [0.1, 0.15) is 0 Å². The molecule has 0 aliphatic rings. The number of quaternary nitrogens is 1. The van der Waals surface area contributed by atoms with Gasteiger partial charge >= 0.3 is 0 Å². The summed E-state index contributed by atoms with van der Waals surface area (Å²) in [6.45, 7) is 4.83. The Labute approximate surface area is 145 Å². The summed E-state index contributed by atoms with van der Waals surface area (Å²) in [5.41, 5.74) is 6.58. The SMILES string of the molecule is CC[C@@H](C)[C@H]([NH3+])C(=O)NCCC(c1ccccc1)c1ccccc1. The molecule has 0 aromatic heterocycles. The maximum Gasteiger partial charge on any atom is 0.278 e. The zero-order chi connectivity index (χ0) is 17.4. The predicted molar refractivity (Wildman–Crippen MR) is 98.5 cm³/mol. The van der Waals surface area contributed by atoms with Crippen LogP contribution < -0.4 is 11.1 Å². The van der Waals surface area contributed by atoms with E-state index in [0.29, 0.717) is 18.4 Å². The van der Waals surface area contributed by atoms with Crippen LogP contribution in [-0.2, 0) is 4.79 Å². The normalized spacial score (nSPS) is 13.5. The van der Waals surface area contributed by atoms with E-state index in [1.54, 1.807) is 0 Å². The third-order valence-electron chi connectivity index (χ3n) is 4.80. The van der Waals surface area contributed by atoms with Crippen LogP contribution in [0.25, 0.3) is 0 Å². The molecule has 3 heteroatoms. The average Bonchev–Trinajstić information content (AvgIpc) is 2.65. The Bertz CT molecular complexity index is 573. The highest BCUT2D eigenvalue weighted by Gasteiger charge is 2.23. The molecule has 128 valence electrons. The summed E-state index contributed by atoms with van der Waals surface area (Å²) in [6.07, 6.45) is 1.85. The molecule has 4 N–H and O–H groups in total. The van der Waals surface area contributed by atoms with Gasteiger partial charge in [0.15, 0.2) is 6.04 Å². The second-order valence-corrected chi connectivity index (χ2v) is 6.45. The Balaban J connectivity index is 2.01. The number of hydrogen-bond donors (Lipinski definition) is 2. The van der Waals surface area contributed by atoms with Gasteiger partial charge in [-0.3, -0.25) is 4.79 Å². The van der Waals surface area contributed by atoms with Crippen molar-refractivity contribution in [3.8, 4) is 0 Å². The van der Waals surface area contributed by atoms with Crippen LogP contribution >= 0.6 is 0 Å². The van der Waals surface area contributed by atoms with Crippen LogP contribution in [0.15, 0.2) is 60.7 Å². The first-order valence-electron chi connectivity index (χ1n) is 8.84. The molecule has 0 radical (unpaired) electrons. The van der Waals surface area contributed by atoms with E-state index in [-0.39, 0.29) is 11.9 Å². The fraction of sp³-hybridized carbons (Fsp3) is 0.381. The van der Waals surface area contributed by atoms with Gasteiger partial charge in [-0.05, 0) is 24.0 Å². The van der Waals surface area contributed by atoms with Crippen molar-refractivity contribution in [1.29, 1.82) is 0 Å². The van der Waals surface area contributed by atoms with Crippen LogP contribution in [0.1, 0.15) is 43.7 Å². The van der Waals surface area contributed by atoms with Crippen molar-refractivity contribution in [2.45, 2.75) is 38.6 Å². The molecule has 0 unspecified atom stereocenters. The smallest absolute Gasteiger partial charge is 0.278 e. The van der Waals surface area contributed by atoms with Crippen LogP contribution in [0, 0.1) is 5.92 Å². The molecule has 0 fully saturated rings. The third kappa shape index (κ3) is 4.93. The molecule has 24 heavy (non-hydrogen) atoms. The number of nitrogens with one attached hydrogen (secondary N) is 1. The zero-order valence-electron chi connectivity index (χ0n) is 14.7. The Kier molecular flexibility index (Phi) is 7.01. The molecule has 0 aliphatic carbocycles. The maximum atomic E-state index is 12.2. The molecule has 2 atom stereocenters. The van der Waals surface area contributed by atoms with Gasteiger partial charge in [-0.1, -0.05) is 74.5 Å². The molecule has 0 spiro atoms. The minimum atomic E-state index is -0.179. The number of hydrogen-bond acceptors (Lipinski definition) is 1. The van der Waals surface area contributed by atoms with Gasteiger partial charge in [-0.2, -0.15) is 0 Å². The van der Waals surface area contributed by atoms with Crippen molar-refractivity contribution in [2.24, 2.45) is 5.92 Å². The highest BCUT2D eigenvalue weighted by Crippen LogP contribution is 2.27. The van der Waals surface area contributed by atoms with Gasteiger partial charge in [0.05, 0.1) is 0 Å². The molecule has 0 heterocycles. The minimum absolute atomic E-state index is 0.0595. The average molecular weight is 325 g/mol. The molecule has 0 bridgehead atoms. The van der Waals surface area contributed by atoms with Crippen molar-refractivity contribution in [3.63, 3.8) is 0 Å². The van der Waals surface area contributed by atoms with Gasteiger partial charge in [0.25, 0.3) is 5.91 Å². The van der Waals surface area contributed by atoms with Gasteiger partial charge in [0.2, 0.25) is 0 Å². The second-order valence-electron chi connectivity index (χ2n) is 6.45. The first kappa shape index (κ1) is 18.2. The van der Waals surface area contributed by atoms with Crippen LogP contribution in [-0.4, -0.2) is 18.5 Å². The second kappa shape index (κ2) is 9.24. The molecular weight excluding hydrogens is 296 g/mol. The largest absolute Gasteiger partial charge is 0.351 e. The molecular formula is C21H29N2O+. The summed E-state index contributed by atoms with van der Waals surface area (Å²) in [5.74, 6) is 0.660. The molecule has 0 saturated carbocycles. The first-order valence-corrected chi connectivity index (χ1v) is 8.84. The number of benzene rings is 2. The predicted octanol–water partition coefficient (Wildman–Crippen LogP) is 2.98. The Morgan fingerprint density at radius 3 is 1.96 bits per heavy atom. The molecule has 2 aromatic rings. The van der Waals surface area contributed by atoms with Crippen LogP contribution in [0.2, 0.25) is 0 Å². The highest BCUT2D eigenvalue weighted by molar-refractivity contribution is 5.80. The number of rotatable bonds is 8. The lowest BCUT2D eigenvalue weighted by Crippen LogP contribution is -2.70. The van der Waals surface area contributed by atoms with E-state index in [1.807, 2.05) is 12.1 Å². The molecule has 2 rings (SSSR count). The number of carbonyl (C=O) groups is 1. The molecule has 1 amide bonds. The molecule has 2 aromatic carbocycles. The van der Waals surface area contributed by atoms with Crippen molar-refractivity contribution >= 4 is 5.91 Å². The number of carbonyl (C=O) groups excluding carboxylic acids is 1. The Morgan fingerprint density at radius 1 is 1.00 bits per heavy atom. The Morgan fingerprint density at radius 2 is 1.50 bits per heavy atom. The van der Waals surface area contributed by atoms with Gasteiger partial charge < -0.3 is 11.1 Å². The van der Waals surface area contributed by atoms with Crippen molar-refractivity contribution < 1.29 is 10.5 Å². The molecule has 3 nitrogen and oxygen atoms in total. The van der Waals surface area contributed by atoms with Crippen molar-refractivity contribution in [3.05, 3.63) is 71.8 Å². The van der Waals surface area contributed by atoms with E-state index in [1.165, 1.54) is 11.1 Å². The van der Waals surface area contributed by atoms with Crippen LogP contribution in [0.3, 0.4) is 0 Å². The van der Waals surface area contributed by atoms with Crippen molar-refractivity contribution in [1.82, 2.24) is 5.32 Å². The molecule has 0 aliphatic heterocycles. The number of amides is 1. The van der Waals surface area contributed by atoms with E-state index in [0.717, 1.165) is 12.8 Å². The van der Waals surface area contributed by atoms with Gasteiger partial charge in [0, 0.05) is 18.4 Å². The fourth-order valence-corrected chi connectivity index (χ4v) is 2.91. The maximum absolute atomic E-state index is 12.2. The van der Waals surface area contributed by atoms with E-state index < -0.39 is 0 Å². The van der Waals surface area contributed by atoms with E-state index in [9.17, 15) is 4.79 Å². The van der Waals surface area contributed by atoms with Crippen molar-refractivity contribution in [2.75, 3.05) is 6.54 Å². The standard InChI is InChI=1S/C21H28N2O/c1-3-16(2)20(22)21(24)23-15-14-19(17-10-6-4-7-11-17)18-12-8-5-9-13-18/h4-13,16,19-20H,3,14-15,22H2,1-2H3,(H,23,24)/p+1/t16-,20+/m1/s1. The summed E-state index contributed by atoms with van der Waals surface area (Å²) in [7, 11) is 0. The topological polar surface area (TPSA) is 56.7 Å². The van der Waals surface area contributed by atoms with E-state index in [4.69, 9.17) is 0 Å². The minimum Gasteiger partial charge on any atom is -0.351 e. The lowest BCUT2D eigenvalue weighted by molar-refractivity contribution is -0.415. The zero-order valence-corrected chi connectivity index (χ0v) is 14.7. The monoisotopic (exact) mass is 325 g/mol. The highest BCUT2D eigenvalue weighted by atomic mass is 16.2. The van der Waals surface area contributed by atoms with Gasteiger partial charge in [-0.25, -0.2) is 0 Å². The summed E-state index contributed by atoms with van der Waals surface area (Å²) >= 11 is 0. The summed E-state index contributed by atoms with van der Waals surface area (Å²) in [5, 5.41) is 3.07. The van der Waals surface area contributed by atoms with Crippen LogP contribution in [0.4, 0.5) is 0 Å². The van der Waals surface area contributed by atoms with Crippen LogP contribution in [0.5, 0.6) is 0 Å². The fourth-order valence-electron chi connectivity index (χ4n) is 2.91. The summed E-state index contributed by atoms with van der Waals surface area (Å²) in [4.78, 5) is 12.2. The summed E-state index contributed by atoms with van der Waals surface area (Å²) < 4.78 is 0. The first-order chi connectivity index (χ1) is 11.6.